The van der Waals surface area contributed by atoms with Crippen molar-refractivity contribution in [1.29, 1.82) is 0 Å². The molecule has 1 N–H and O–H groups in total. The fraction of sp³-hybridized carbons (Fsp3) is 0.364. The molecule has 0 aromatic heterocycles. The second kappa shape index (κ2) is 5.83. The van der Waals surface area contributed by atoms with Crippen molar-refractivity contribution in [3.05, 3.63) is 42.4 Å². The molecule has 0 aliphatic rings. The molecular weight excluding hydrogens is 292 g/mol. The summed E-state index contributed by atoms with van der Waals surface area (Å²) in [5.41, 5.74) is -2.08. The maximum absolute atomic E-state index is 11.2. The molecule has 0 saturated carbocycles. The Hall–Kier alpha value is -2.22. The number of halogens is 1. The van der Waals surface area contributed by atoms with Crippen molar-refractivity contribution >= 4 is 28.9 Å². The molecule has 0 fully saturated rings. The lowest BCUT2D eigenvalue weighted by molar-refractivity contribution is -0.394. The van der Waals surface area contributed by atoms with Crippen LogP contribution in [-0.4, -0.2) is 20.9 Å². The zero-order valence-corrected chi connectivity index (χ0v) is 11.4. The molecule has 0 aliphatic heterocycles. The van der Waals surface area contributed by atoms with Gasteiger partial charge >= 0.3 is 5.97 Å². The summed E-state index contributed by atoms with van der Waals surface area (Å²) < 4.78 is 0. The van der Waals surface area contributed by atoms with E-state index in [1.165, 1.54) is 0 Å². The first-order valence-corrected chi connectivity index (χ1v) is 5.92. The summed E-state index contributed by atoms with van der Waals surface area (Å²) >= 11 is 5.69. The fourth-order valence-corrected chi connectivity index (χ4v) is 2.10. The minimum Gasteiger partial charge on any atom is -0.478 e. The molecule has 20 heavy (non-hydrogen) atoms. The predicted octanol–water partition coefficient (Wildman–Crippen LogP) is 3.05. The van der Waals surface area contributed by atoms with Gasteiger partial charge in [0.25, 0.3) is 11.4 Å². The number of carboxylic acid groups (broad SMARTS) is 1. The molecule has 0 atom stereocenters. The van der Waals surface area contributed by atoms with Crippen molar-refractivity contribution in [3.8, 4) is 0 Å². The van der Waals surface area contributed by atoms with E-state index >= 15 is 0 Å². The number of carboxylic acids is 1. The number of hydrogen-bond donors (Lipinski definition) is 1. The summed E-state index contributed by atoms with van der Waals surface area (Å²) in [7, 11) is 0. The molecule has 0 spiro atoms. The number of hydrogen-bond acceptors (Lipinski definition) is 5. The minimum atomic E-state index is -1.47. The van der Waals surface area contributed by atoms with Crippen molar-refractivity contribution in [2.24, 2.45) is 5.92 Å². The summed E-state index contributed by atoms with van der Waals surface area (Å²) in [5, 5.41) is 30.3. The summed E-state index contributed by atoms with van der Waals surface area (Å²) in [6, 6.07) is 0.759. The highest BCUT2D eigenvalue weighted by Gasteiger charge is 2.33. The van der Waals surface area contributed by atoms with Gasteiger partial charge in [0.2, 0.25) is 0 Å². The molecule has 9 heteroatoms. The first-order chi connectivity index (χ1) is 9.16. The Bertz CT molecular complexity index is 599. The Labute approximate surface area is 118 Å². The molecule has 8 nitrogen and oxygen atoms in total. The third-order valence-electron chi connectivity index (χ3n) is 2.55. The number of benzene rings is 1. The van der Waals surface area contributed by atoms with Gasteiger partial charge in [0.15, 0.2) is 5.02 Å². The molecule has 108 valence electrons. The van der Waals surface area contributed by atoms with Crippen molar-refractivity contribution in [1.82, 2.24) is 0 Å². The Balaban J connectivity index is 3.78. The van der Waals surface area contributed by atoms with Crippen LogP contribution in [0.4, 0.5) is 11.4 Å². The van der Waals surface area contributed by atoms with Crippen molar-refractivity contribution in [3.63, 3.8) is 0 Å². The number of aromatic carboxylic acids is 1. The highest BCUT2D eigenvalue weighted by Crippen LogP contribution is 2.39. The van der Waals surface area contributed by atoms with Gasteiger partial charge in [0.1, 0.15) is 0 Å². The quantitative estimate of drug-likeness (QED) is 0.658. The predicted molar refractivity (Wildman–Crippen MR) is 70.3 cm³/mol. The number of nitro benzene ring substituents is 2. The van der Waals surface area contributed by atoms with Crippen LogP contribution < -0.4 is 0 Å². The molecule has 0 amide bonds. The second-order valence-electron chi connectivity index (χ2n) is 4.50. The van der Waals surface area contributed by atoms with Crippen LogP contribution in [0.15, 0.2) is 6.07 Å². The van der Waals surface area contributed by atoms with Gasteiger partial charge in [-0.2, -0.15) is 0 Å². The molecule has 0 saturated heterocycles. The average molecular weight is 303 g/mol. The first-order valence-electron chi connectivity index (χ1n) is 5.54. The van der Waals surface area contributed by atoms with E-state index in [2.05, 4.69) is 0 Å². The van der Waals surface area contributed by atoms with E-state index in [1.807, 2.05) is 0 Å². The summed E-state index contributed by atoms with van der Waals surface area (Å²) in [6.45, 7) is 3.48. The standard InChI is InChI=1S/C11H11ClN2O6/c1-5(2)3-6-7(11(15)16)4-8(13(17)18)9(12)10(6)14(19)20/h4-5H,3H2,1-2H3,(H,15,16). The van der Waals surface area contributed by atoms with Gasteiger partial charge in [0, 0.05) is 11.6 Å². The van der Waals surface area contributed by atoms with Crippen LogP contribution in [0.1, 0.15) is 29.8 Å². The largest absolute Gasteiger partial charge is 0.478 e. The summed E-state index contributed by atoms with van der Waals surface area (Å²) in [6.07, 6.45) is 0.0790. The van der Waals surface area contributed by atoms with Gasteiger partial charge in [0.05, 0.1) is 15.4 Å². The van der Waals surface area contributed by atoms with Crippen LogP contribution in [-0.2, 0) is 6.42 Å². The van der Waals surface area contributed by atoms with Gasteiger partial charge in [-0.15, -0.1) is 0 Å². The maximum Gasteiger partial charge on any atom is 0.336 e. The van der Waals surface area contributed by atoms with Gasteiger partial charge < -0.3 is 5.11 Å². The molecule has 0 heterocycles. The molecular formula is C11H11ClN2O6. The van der Waals surface area contributed by atoms with Crippen LogP contribution in [0, 0.1) is 26.1 Å². The van der Waals surface area contributed by atoms with Crippen molar-refractivity contribution in [2.45, 2.75) is 20.3 Å². The van der Waals surface area contributed by atoms with Crippen LogP contribution in [0.2, 0.25) is 5.02 Å². The van der Waals surface area contributed by atoms with E-state index in [4.69, 9.17) is 16.7 Å². The molecule has 1 rings (SSSR count). The highest BCUT2D eigenvalue weighted by molar-refractivity contribution is 6.35. The third-order valence-corrected chi connectivity index (χ3v) is 2.92. The summed E-state index contributed by atoms with van der Waals surface area (Å²) in [5.74, 6) is -1.55. The Morgan fingerprint density at radius 1 is 1.35 bits per heavy atom. The van der Waals surface area contributed by atoms with E-state index in [-0.39, 0.29) is 17.9 Å². The molecule has 0 unspecified atom stereocenters. The minimum absolute atomic E-state index is 0.0790. The second-order valence-corrected chi connectivity index (χ2v) is 4.88. The number of nitrogens with zero attached hydrogens (tertiary/aromatic N) is 2. The fourth-order valence-electron chi connectivity index (χ4n) is 1.80. The lowest BCUT2D eigenvalue weighted by Crippen LogP contribution is -2.10. The van der Waals surface area contributed by atoms with E-state index in [1.54, 1.807) is 13.8 Å². The van der Waals surface area contributed by atoms with Crippen LogP contribution >= 0.6 is 11.6 Å². The molecule has 1 aromatic carbocycles. The van der Waals surface area contributed by atoms with Crippen LogP contribution in [0.3, 0.4) is 0 Å². The average Bonchev–Trinajstić information content (AvgIpc) is 2.26. The Kier molecular flexibility index (Phi) is 4.61. The van der Waals surface area contributed by atoms with Gasteiger partial charge in [-0.1, -0.05) is 25.4 Å². The summed E-state index contributed by atoms with van der Waals surface area (Å²) in [4.78, 5) is 31.2. The zero-order chi connectivity index (χ0) is 15.6. The molecule has 0 aliphatic carbocycles. The van der Waals surface area contributed by atoms with E-state index in [0.29, 0.717) is 0 Å². The Morgan fingerprint density at radius 2 is 1.90 bits per heavy atom. The Morgan fingerprint density at radius 3 is 2.25 bits per heavy atom. The third kappa shape index (κ3) is 3.02. The van der Waals surface area contributed by atoms with Gasteiger partial charge in [-0.3, -0.25) is 20.2 Å². The van der Waals surface area contributed by atoms with Gasteiger partial charge in [-0.05, 0) is 12.3 Å². The monoisotopic (exact) mass is 302 g/mol. The molecule has 0 bridgehead atoms. The van der Waals surface area contributed by atoms with E-state index in [0.717, 1.165) is 6.07 Å². The SMILES string of the molecule is CC(C)Cc1c(C(=O)O)cc([N+](=O)[O-])c(Cl)c1[N+](=O)[O-]. The first kappa shape index (κ1) is 15.8. The number of nitro groups is 2. The van der Waals surface area contributed by atoms with Gasteiger partial charge in [-0.25, -0.2) is 4.79 Å². The number of rotatable bonds is 5. The topological polar surface area (TPSA) is 124 Å². The lowest BCUT2D eigenvalue weighted by Gasteiger charge is -2.10. The van der Waals surface area contributed by atoms with E-state index in [9.17, 15) is 25.0 Å². The van der Waals surface area contributed by atoms with Crippen LogP contribution in [0.25, 0.3) is 0 Å². The lowest BCUT2D eigenvalue weighted by atomic mass is 9.95. The smallest absolute Gasteiger partial charge is 0.336 e. The van der Waals surface area contributed by atoms with Crippen molar-refractivity contribution in [2.75, 3.05) is 0 Å². The number of carbonyl (C=O) groups is 1. The molecule has 1 aromatic rings. The van der Waals surface area contributed by atoms with E-state index < -0.39 is 37.8 Å². The maximum atomic E-state index is 11.2. The van der Waals surface area contributed by atoms with Crippen LogP contribution in [0.5, 0.6) is 0 Å². The molecule has 0 radical (unpaired) electrons. The normalized spacial score (nSPS) is 10.6. The zero-order valence-electron chi connectivity index (χ0n) is 10.6. The highest BCUT2D eigenvalue weighted by atomic mass is 35.5. The van der Waals surface area contributed by atoms with Crippen molar-refractivity contribution < 1.29 is 19.7 Å².